The van der Waals surface area contributed by atoms with Crippen molar-refractivity contribution >= 4 is 23.1 Å². The quantitative estimate of drug-likeness (QED) is 0.700. The van der Waals surface area contributed by atoms with Gasteiger partial charge < -0.3 is 4.74 Å². The molecule has 0 aromatic carbocycles. The lowest BCUT2D eigenvalue weighted by Crippen LogP contribution is -2.43. The molecule has 0 radical (unpaired) electrons. The molecule has 0 unspecified atom stereocenters. The van der Waals surface area contributed by atoms with E-state index in [-0.39, 0.29) is 0 Å². The molecule has 15 heavy (non-hydrogen) atoms. The van der Waals surface area contributed by atoms with E-state index in [1.54, 1.807) is 20.8 Å². The first kappa shape index (κ1) is 12.3. The van der Waals surface area contributed by atoms with Gasteiger partial charge >= 0.3 is 6.09 Å². The third kappa shape index (κ3) is 3.09. The average Bonchev–Trinajstić information content (AvgIpc) is 2.43. The molecule has 1 fully saturated rings. The summed E-state index contributed by atoms with van der Waals surface area (Å²) in [4.78, 5) is 23.7. The van der Waals surface area contributed by atoms with Gasteiger partial charge in [0.05, 0.1) is 6.04 Å². The number of imide groups is 1. The van der Waals surface area contributed by atoms with Gasteiger partial charge in [-0.1, -0.05) is 11.8 Å². The van der Waals surface area contributed by atoms with Gasteiger partial charge in [-0.2, -0.15) is 0 Å². The van der Waals surface area contributed by atoms with Crippen molar-refractivity contribution in [3.05, 3.63) is 0 Å². The van der Waals surface area contributed by atoms with Crippen LogP contribution in [0.1, 0.15) is 20.8 Å². The smallest absolute Gasteiger partial charge is 0.418 e. The average molecular weight is 235 g/mol. The van der Waals surface area contributed by atoms with E-state index in [1.807, 2.05) is 0 Å². The summed E-state index contributed by atoms with van der Waals surface area (Å²) in [5.74, 6) is 0.300. The summed E-state index contributed by atoms with van der Waals surface area (Å²) in [6, 6.07) is -0.683. The maximum atomic E-state index is 12.5. The fourth-order valence-electron chi connectivity index (χ4n) is 1.11. The van der Waals surface area contributed by atoms with Crippen LogP contribution in [-0.4, -0.2) is 40.3 Å². The van der Waals surface area contributed by atoms with Gasteiger partial charge in [0.1, 0.15) is 12.3 Å². The third-order valence-electron chi connectivity index (χ3n) is 1.73. The minimum absolute atomic E-state index is 0.300. The Labute approximate surface area is 92.1 Å². The lowest BCUT2D eigenvalue weighted by molar-refractivity contribution is 0.0286. The molecule has 0 aliphatic carbocycles. The monoisotopic (exact) mass is 235 g/mol. The highest BCUT2D eigenvalue weighted by atomic mass is 32.2. The van der Waals surface area contributed by atoms with Gasteiger partial charge in [0.25, 0.3) is 5.24 Å². The fourth-order valence-corrected chi connectivity index (χ4v) is 2.04. The van der Waals surface area contributed by atoms with E-state index in [1.165, 1.54) is 0 Å². The van der Waals surface area contributed by atoms with E-state index in [4.69, 9.17) is 4.74 Å². The van der Waals surface area contributed by atoms with Crippen LogP contribution in [0.4, 0.5) is 14.0 Å². The van der Waals surface area contributed by atoms with Crippen molar-refractivity contribution < 1.29 is 18.7 Å². The van der Waals surface area contributed by atoms with E-state index >= 15 is 0 Å². The summed E-state index contributed by atoms with van der Waals surface area (Å²) in [5.41, 5.74) is -0.675. The van der Waals surface area contributed by atoms with Crippen molar-refractivity contribution in [1.29, 1.82) is 0 Å². The Morgan fingerprint density at radius 1 is 1.67 bits per heavy atom. The Bertz CT molecular complexity index is 277. The predicted molar refractivity (Wildman–Crippen MR) is 55.7 cm³/mol. The molecule has 0 spiro atoms. The number of ether oxygens (including phenoxy) is 1. The Kier molecular flexibility index (Phi) is 3.59. The summed E-state index contributed by atoms with van der Waals surface area (Å²) in [6.45, 7) is 4.37. The number of hydrogen-bond acceptors (Lipinski definition) is 4. The van der Waals surface area contributed by atoms with Crippen molar-refractivity contribution in [2.24, 2.45) is 0 Å². The Hall–Kier alpha value is -0.780. The molecule has 1 rings (SSSR count). The molecule has 0 aromatic rings. The van der Waals surface area contributed by atoms with Crippen molar-refractivity contribution in [2.45, 2.75) is 32.4 Å². The molecular formula is C9H14FNO3S. The fraction of sp³-hybridized carbons (Fsp3) is 0.778. The van der Waals surface area contributed by atoms with E-state index in [9.17, 15) is 14.0 Å². The third-order valence-corrected chi connectivity index (χ3v) is 2.72. The van der Waals surface area contributed by atoms with Crippen LogP contribution in [0.3, 0.4) is 0 Å². The maximum absolute atomic E-state index is 12.5. The zero-order valence-electron chi connectivity index (χ0n) is 8.95. The Balaban J connectivity index is 2.69. The van der Waals surface area contributed by atoms with Gasteiger partial charge in [0.15, 0.2) is 0 Å². The first-order chi connectivity index (χ1) is 6.85. The predicted octanol–water partition coefficient (Wildman–Crippen LogP) is 2.43. The van der Waals surface area contributed by atoms with Crippen LogP contribution in [0.5, 0.6) is 0 Å². The van der Waals surface area contributed by atoms with Gasteiger partial charge in [-0.05, 0) is 20.8 Å². The van der Waals surface area contributed by atoms with Crippen molar-refractivity contribution in [1.82, 2.24) is 4.90 Å². The lowest BCUT2D eigenvalue weighted by Gasteiger charge is -2.25. The number of rotatable bonds is 1. The van der Waals surface area contributed by atoms with E-state index < -0.39 is 29.6 Å². The van der Waals surface area contributed by atoms with Crippen LogP contribution >= 0.6 is 11.8 Å². The molecular weight excluding hydrogens is 221 g/mol. The number of carbonyl (C=O) groups excluding carboxylic acids is 2. The normalized spacial score (nSPS) is 22.0. The molecule has 0 bridgehead atoms. The summed E-state index contributed by atoms with van der Waals surface area (Å²) in [7, 11) is 0. The Morgan fingerprint density at radius 2 is 2.27 bits per heavy atom. The molecule has 1 aliphatic heterocycles. The van der Waals surface area contributed by atoms with Gasteiger partial charge in [0.2, 0.25) is 0 Å². The van der Waals surface area contributed by atoms with E-state index in [0.29, 0.717) is 5.75 Å². The van der Waals surface area contributed by atoms with Gasteiger partial charge in [-0.15, -0.1) is 0 Å². The second kappa shape index (κ2) is 4.38. The number of alkyl halides is 1. The molecule has 0 N–H and O–H groups in total. The summed E-state index contributed by atoms with van der Waals surface area (Å²) in [6.07, 6.45) is -0.764. The topological polar surface area (TPSA) is 46.6 Å². The van der Waals surface area contributed by atoms with Crippen LogP contribution in [-0.2, 0) is 4.74 Å². The molecule has 1 saturated heterocycles. The zero-order valence-corrected chi connectivity index (χ0v) is 9.77. The van der Waals surface area contributed by atoms with Crippen LogP contribution in [0.2, 0.25) is 0 Å². The first-order valence-electron chi connectivity index (χ1n) is 4.60. The number of amides is 2. The summed E-state index contributed by atoms with van der Waals surface area (Å²) < 4.78 is 17.5. The zero-order chi connectivity index (χ0) is 11.6. The van der Waals surface area contributed by atoms with Crippen LogP contribution in [0.15, 0.2) is 0 Å². The molecule has 1 heterocycles. The van der Waals surface area contributed by atoms with E-state index in [0.717, 1.165) is 16.7 Å². The molecule has 0 saturated carbocycles. The first-order valence-corrected chi connectivity index (χ1v) is 5.58. The molecule has 4 nitrogen and oxygen atoms in total. The number of halogens is 1. The number of hydrogen-bond donors (Lipinski definition) is 0. The maximum Gasteiger partial charge on any atom is 0.418 e. The number of carbonyl (C=O) groups is 2. The minimum atomic E-state index is -0.764. The summed E-state index contributed by atoms with van der Waals surface area (Å²) in [5, 5.41) is -0.438. The van der Waals surface area contributed by atoms with Gasteiger partial charge in [-0.25, -0.2) is 14.1 Å². The van der Waals surface area contributed by atoms with Crippen molar-refractivity contribution in [3.8, 4) is 0 Å². The highest BCUT2D eigenvalue weighted by molar-refractivity contribution is 8.14. The van der Waals surface area contributed by atoms with Gasteiger partial charge in [0, 0.05) is 5.75 Å². The number of thioether (sulfide) groups is 1. The summed E-state index contributed by atoms with van der Waals surface area (Å²) >= 11 is 0.939. The van der Waals surface area contributed by atoms with Crippen LogP contribution in [0.25, 0.3) is 0 Å². The lowest BCUT2D eigenvalue weighted by atomic mass is 10.2. The minimum Gasteiger partial charge on any atom is -0.443 e. The van der Waals surface area contributed by atoms with E-state index in [2.05, 4.69) is 0 Å². The Morgan fingerprint density at radius 3 is 2.73 bits per heavy atom. The largest absolute Gasteiger partial charge is 0.443 e. The second-order valence-electron chi connectivity index (χ2n) is 4.24. The second-order valence-corrected chi connectivity index (χ2v) is 5.21. The molecule has 2 amide bonds. The van der Waals surface area contributed by atoms with Crippen LogP contribution < -0.4 is 0 Å². The number of nitrogens with zero attached hydrogens (tertiary/aromatic N) is 1. The molecule has 1 atom stereocenters. The van der Waals surface area contributed by atoms with Crippen molar-refractivity contribution in [3.63, 3.8) is 0 Å². The molecule has 6 heteroatoms. The highest BCUT2D eigenvalue weighted by Gasteiger charge is 2.39. The standard InChI is InChI=1S/C9H14FNO3S/c1-9(2,3)14-7(12)11-6(4-10)5-15-8(11)13/h6H,4-5H2,1-3H3/t6-/m0/s1. The van der Waals surface area contributed by atoms with Crippen LogP contribution in [0, 0.1) is 0 Å². The molecule has 0 aromatic heterocycles. The van der Waals surface area contributed by atoms with Crippen molar-refractivity contribution in [2.75, 3.05) is 12.4 Å². The van der Waals surface area contributed by atoms with Gasteiger partial charge in [-0.3, -0.25) is 4.79 Å². The molecule has 1 aliphatic rings. The molecule has 86 valence electrons. The highest BCUT2D eigenvalue weighted by Crippen LogP contribution is 2.26. The SMILES string of the molecule is CC(C)(C)OC(=O)N1C(=O)SC[C@@H]1CF.